The van der Waals surface area contributed by atoms with E-state index in [-0.39, 0.29) is 12.0 Å². The number of amides is 1. The lowest BCUT2D eigenvalue weighted by molar-refractivity contribution is -0.131. The van der Waals surface area contributed by atoms with E-state index < -0.39 is 0 Å². The Morgan fingerprint density at radius 1 is 1.36 bits per heavy atom. The minimum atomic E-state index is 0.207. The molecule has 2 aliphatic rings. The second kappa shape index (κ2) is 6.59. The number of hydrogen-bond donors (Lipinski definition) is 1. The number of fused-ring (bicyclic) bond motifs is 1. The van der Waals surface area contributed by atoms with Crippen LogP contribution in [0.3, 0.4) is 0 Å². The van der Waals surface area contributed by atoms with Gasteiger partial charge < -0.3 is 19.5 Å². The van der Waals surface area contributed by atoms with Crippen molar-refractivity contribution in [1.29, 1.82) is 0 Å². The van der Waals surface area contributed by atoms with E-state index in [1.807, 2.05) is 9.47 Å². The van der Waals surface area contributed by atoms with Crippen LogP contribution in [0.4, 0.5) is 5.82 Å². The average molecular weight is 344 g/mol. The molecule has 8 nitrogen and oxygen atoms in total. The molecule has 0 radical (unpaired) electrons. The van der Waals surface area contributed by atoms with Gasteiger partial charge in [-0.2, -0.15) is 0 Å². The molecule has 2 aromatic rings. The minimum absolute atomic E-state index is 0.207. The zero-order valence-corrected chi connectivity index (χ0v) is 14.7. The Kier molecular flexibility index (Phi) is 4.29. The van der Waals surface area contributed by atoms with Gasteiger partial charge in [-0.25, -0.2) is 15.0 Å². The van der Waals surface area contributed by atoms with Gasteiger partial charge in [-0.1, -0.05) is 0 Å². The Hall–Kier alpha value is -2.22. The second-order valence-electron chi connectivity index (χ2n) is 6.79. The summed E-state index contributed by atoms with van der Waals surface area (Å²) in [6.07, 6.45) is 4.61. The van der Waals surface area contributed by atoms with Gasteiger partial charge in [0, 0.05) is 38.7 Å². The number of rotatable bonds is 6. The molecular weight excluding hydrogens is 320 g/mol. The molecule has 2 aromatic heterocycles. The Morgan fingerprint density at radius 3 is 2.92 bits per heavy atom. The monoisotopic (exact) mass is 344 g/mol. The standard InChI is InChI=1S/C17H24N6O2/c1-3-23-13(9-25-2)21-14-15(18-10-19-16(14)23)20-12-6-7-22(8-12)17(24)11-4-5-11/h10-12H,3-9H2,1-2H3,(H,18,19,20)/t12-/m0/s1. The van der Waals surface area contributed by atoms with E-state index in [0.29, 0.717) is 12.5 Å². The molecule has 0 bridgehead atoms. The number of carbonyl (C=O) groups is 1. The van der Waals surface area contributed by atoms with Gasteiger partial charge in [0.25, 0.3) is 0 Å². The summed E-state index contributed by atoms with van der Waals surface area (Å²) in [6.45, 7) is 4.84. The molecule has 0 unspecified atom stereocenters. The summed E-state index contributed by atoms with van der Waals surface area (Å²) in [4.78, 5) is 27.7. The number of likely N-dealkylation sites (tertiary alicyclic amines) is 1. The van der Waals surface area contributed by atoms with Crippen LogP contribution in [0, 0.1) is 5.92 Å². The zero-order chi connectivity index (χ0) is 17.4. The van der Waals surface area contributed by atoms with Crippen molar-refractivity contribution in [2.24, 2.45) is 5.92 Å². The molecule has 0 spiro atoms. The summed E-state index contributed by atoms with van der Waals surface area (Å²) in [5.41, 5.74) is 1.58. The summed E-state index contributed by atoms with van der Waals surface area (Å²) in [5, 5.41) is 3.47. The summed E-state index contributed by atoms with van der Waals surface area (Å²) in [7, 11) is 1.66. The first-order valence-electron chi connectivity index (χ1n) is 8.95. The van der Waals surface area contributed by atoms with Gasteiger partial charge in [-0.05, 0) is 26.2 Å². The van der Waals surface area contributed by atoms with E-state index in [1.54, 1.807) is 13.4 Å². The smallest absolute Gasteiger partial charge is 0.225 e. The van der Waals surface area contributed by atoms with Crippen molar-refractivity contribution in [3.63, 3.8) is 0 Å². The highest BCUT2D eigenvalue weighted by Gasteiger charge is 2.36. The highest BCUT2D eigenvalue weighted by atomic mass is 16.5. The molecule has 1 saturated carbocycles. The van der Waals surface area contributed by atoms with Gasteiger partial charge in [0.1, 0.15) is 18.8 Å². The Balaban J connectivity index is 1.54. The number of aryl methyl sites for hydroxylation is 1. The lowest BCUT2D eigenvalue weighted by Gasteiger charge is -2.17. The van der Waals surface area contributed by atoms with Crippen molar-refractivity contribution in [1.82, 2.24) is 24.4 Å². The highest BCUT2D eigenvalue weighted by molar-refractivity contribution is 5.84. The summed E-state index contributed by atoms with van der Waals surface area (Å²) in [5.74, 6) is 2.18. The quantitative estimate of drug-likeness (QED) is 0.853. The number of carbonyl (C=O) groups excluding carboxylic acids is 1. The van der Waals surface area contributed by atoms with Crippen LogP contribution in [-0.4, -0.2) is 56.6 Å². The molecule has 3 heterocycles. The van der Waals surface area contributed by atoms with Crippen LogP contribution in [0.2, 0.25) is 0 Å². The highest BCUT2D eigenvalue weighted by Crippen LogP contribution is 2.32. The molecule has 1 amide bonds. The summed E-state index contributed by atoms with van der Waals surface area (Å²) < 4.78 is 7.29. The van der Waals surface area contributed by atoms with Crippen molar-refractivity contribution >= 4 is 22.9 Å². The topological polar surface area (TPSA) is 85.2 Å². The molecule has 4 rings (SSSR count). The molecule has 1 aliphatic heterocycles. The van der Waals surface area contributed by atoms with Gasteiger partial charge in [0.05, 0.1) is 0 Å². The van der Waals surface area contributed by atoms with E-state index >= 15 is 0 Å². The number of nitrogens with zero attached hydrogens (tertiary/aromatic N) is 5. The first-order valence-corrected chi connectivity index (χ1v) is 8.95. The fraction of sp³-hybridized carbons (Fsp3) is 0.647. The third kappa shape index (κ3) is 3.06. The molecule has 0 aromatic carbocycles. The lowest BCUT2D eigenvalue weighted by Crippen LogP contribution is -2.32. The number of nitrogens with one attached hydrogen (secondary N) is 1. The largest absolute Gasteiger partial charge is 0.377 e. The van der Waals surface area contributed by atoms with Gasteiger partial charge in [-0.3, -0.25) is 4.79 Å². The number of methoxy groups -OCH3 is 1. The molecular formula is C17H24N6O2. The van der Waals surface area contributed by atoms with Crippen molar-refractivity contribution in [2.75, 3.05) is 25.5 Å². The minimum Gasteiger partial charge on any atom is -0.377 e. The Bertz CT molecular complexity index is 785. The summed E-state index contributed by atoms with van der Waals surface area (Å²) >= 11 is 0. The SMILES string of the molecule is CCn1c(COC)nc2c(N[C@H]3CCN(C(=O)C4CC4)C3)ncnc21. The predicted octanol–water partition coefficient (Wildman–Crippen LogP) is 1.42. The van der Waals surface area contributed by atoms with Crippen LogP contribution in [0.1, 0.15) is 32.0 Å². The van der Waals surface area contributed by atoms with Crippen LogP contribution in [0.5, 0.6) is 0 Å². The van der Waals surface area contributed by atoms with Crippen molar-refractivity contribution < 1.29 is 9.53 Å². The molecule has 25 heavy (non-hydrogen) atoms. The van der Waals surface area contributed by atoms with Crippen molar-refractivity contribution in [3.05, 3.63) is 12.2 Å². The fourth-order valence-corrected chi connectivity index (χ4v) is 3.52. The van der Waals surface area contributed by atoms with E-state index in [1.165, 1.54) is 0 Å². The van der Waals surface area contributed by atoms with Crippen LogP contribution < -0.4 is 5.32 Å². The summed E-state index contributed by atoms with van der Waals surface area (Å²) in [6, 6.07) is 0.207. The first kappa shape index (κ1) is 16.3. The Morgan fingerprint density at radius 2 is 2.20 bits per heavy atom. The number of imidazole rings is 1. The molecule has 1 aliphatic carbocycles. The van der Waals surface area contributed by atoms with Crippen LogP contribution in [0.25, 0.3) is 11.2 Å². The molecule has 1 N–H and O–H groups in total. The molecule has 2 fully saturated rings. The van der Waals surface area contributed by atoms with Gasteiger partial charge in [0.2, 0.25) is 5.91 Å². The van der Waals surface area contributed by atoms with Gasteiger partial charge >= 0.3 is 0 Å². The van der Waals surface area contributed by atoms with Crippen molar-refractivity contribution in [2.45, 2.75) is 45.4 Å². The maximum Gasteiger partial charge on any atom is 0.225 e. The average Bonchev–Trinajstić information content (AvgIpc) is 3.26. The van der Waals surface area contributed by atoms with Crippen LogP contribution in [0.15, 0.2) is 6.33 Å². The third-order valence-electron chi connectivity index (χ3n) is 4.97. The number of hydrogen-bond acceptors (Lipinski definition) is 6. The van der Waals surface area contributed by atoms with Crippen LogP contribution in [-0.2, 0) is 22.7 Å². The van der Waals surface area contributed by atoms with Crippen LogP contribution >= 0.6 is 0 Å². The van der Waals surface area contributed by atoms with E-state index in [2.05, 4.69) is 27.2 Å². The predicted molar refractivity (Wildman–Crippen MR) is 93.0 cm³/mol. The van der Waals surface area contributed by atoms with E-state index in [0.717, 1.165) is 61.7 Å². The maximum atomic E-state index is 12.2. The molecule has 1 atom stereocenters. The molecule has 8 heteroatoms. The fourth-order valence-electron chi connectivity index (χ4n) is 3.52. The molecule has 134 valence electrons. The lowest BCUT2D eigenvalue weighted by atomic mass is 10.2. The maximum absolute atomic E-state index is 12.2. The van der Waals surface area contributed by atoms with E-state index in [9.17, 15) is 4.79 Å². The second-order valence-corrected chi connectivity index (χ2v) is 6.79. The van der Waals surface area contributed by atoms with Crippen molar-refractivity contribution in [3.8, 4) is 0 Å². The third-order valence-corrected chi connectivity index (χ3v) is 4.97. The van der Waals surface area contributed by atoms with Gasteiger partial charge in [0.15, 0.2) is 17.0 Å². The normalized spacial score (nSPS) is 20.4. The number of aromatic nitrogens is 4. The zero-order valence-electron chi connectivity index (χ0n) is 14.7. The molecule has 1 saturated heterocycles. The Labute approximate surface area is 146 Å². The number of ether oxygens (including phenoxy) is 1. The van der Waals surface area contributed by atoms with Gasteiger partial charge in [-0.15, -0.1) is 0 Å². The first-order chi connectivity index (χ1) is 12.2. The number of anilines is 1. The van der Waals surface area contributed by atoms with E-state index in [4.69, 9.17) is 4.74 Å².